The summed E-state index contributed by atoms with van der Waals surface area (Å²) in [5.74, 6) is 1.22. The van der Waals surface area contributed by atoms with E-state index < -0.39 is 0 Å². The summed E-state index contributed by atoms with van der Waals surface area (Å²) in [6.07, 6.45) is 0.451. The molecule has 6 heteroatoms. The van der Waals surface area contributed by atoms with E-state index in [9.17, 15) is 4.39 Å². The van der Waals surface area contributed by atoms with Gasteiger partial charge in [-0.15, -0.1) is 0 Å². The number of aliphatic hydroxyl groups excluding tert-OH is 1. The van der Waals surface area contributed by atoms with Crippen LogP contribution in [0.4, 0.5) is 4.39 Å². The summed E-state index contributed by atoms with van der Waals surface area (Å²) in [5.41, 5.74) is 3.32. The minimum atomic E-state index is -0.254. The van der Waals surface area contributed by atoms with Gasteiger partial charge in [0.05, 0.1) is 26.4 Å². The lowest BCUT2D eigenvalue weighted by atomic mass is 9.99. The standard InChI is InChI=1S/C28H33FO5/c1-20(18-31-3)33-26-11-7-24(8-12-26)27-13-6-23(17-28(27)29)16-22-4-9-25(10-5-22)34-21(2)19-32-15-14-30/h4-13,17,20-21,30H,14-16,18-19H2,1-3H3/t20?,21-/m0/s1. The van der Waals surface area contributed by atoms with Gasteiger partial charge < -0.3 is 24.1 Å². The zero-order chi connectivity index (χ0) is 24.3. The summed E-state index contributed by atoms with van der Waals surface area (Å²) in [6.45, 7) is 5.07. The molecule has 0 spiro atoms. The van der Waals surface area contributed by atoms with Gasteiger partial charge in [0.25, 0.3) is 0 Å². The third-order valence-electron chi connectivity index (χ3n) is 5.19. The van der Waals surface area contributed by atoms with Crippen LogP contribution >= 0.6 is 0 Å². The Balaban J connectivity index is 1.58. The van der Waals surface area contributed by atoms with Gasteiger partial charge in [0.1, 0.15) is 29.5 Å². The van der Waals surface area contributed by atoms with Gasteiger partial charge in [-0.3, -0.25) is 0 Å². The highest BCUT2D eigenvalue weighted by Crippen LogP contribution is 2.27. The van der Waals surface area contributed by atoms with E-state index in [-0.39, 0.29) is 24.6 Å². The summed E-state index contributed by atoms with van der Waals surface area (Å²) in [7, 11) is 1.64. The number of ether oxygens (including phenoxy) is 4. The zero-order valence-electron chi connectivity index (χ0n) is 20.0. The molecule has 0 bridgehead atoms. The van der Waals surface area contributed by atoms with E-state index in [4.69, 9.17) is 24.1 Å². The Morgan fingerprint density at radius 3 is 1.97 bits per heavy atom. The average Bonchev–Trinajstić information content (AvgIpc) is 2.81. The Morgan fingerprint density at radius 2 is 1.38 bits per heavy atom. The number of hydrogen-bond acceptors (Lipinski definition) is 5. The Hall–Kier alpha value is -2.93. The van der Waals surface area contributed by atoms with Gasteiger partial charge in [-0.2, -0.15) is 0 Å². The number of methoxy groups -OCH3 is 1. The largest absolute Gasteiger partial charge is 0.488 e. The van der Waals surface area contributed by atoms with Crippen LogP contribution < -0.4 is 9.47 Å². The molecule has 1 N–H and O–H groups in total. The predicted molar refractivity (Wildman–Crippen MR) is 131 cm³/mol. The van der Waals surface area contributed by atoms with Gasteiger partial charge in [0.15, 0.2) is 0 Å². The summed E-state index contributed by atoms with van der Waals surface area (Å²) in [4.78, 5) is 0. The third-order valence-corrected chi connectivity index (χ3v) is 5.19. The van der Waals surface area contributed by atoms with Gasteiger partial charge in [-0.1, -0.05) is 36.4 Å². The number of rotatable bonds is 13. The molecular weight excluding hydrogens is 435 g/mol. The molecule has 34 heavy (non-hydrogen) atoms. The van der Waals surface area contributed by atoms with Crippen molar-refractivity contribution in [3.63, 3.8) is 0 Å². The molecule has 0 aliphatic heterocycles. The lowest BCUT2D eigenvalue weighted by Gasteiger charge is -2.15. The average molecular weight is 469 g/mol. The molecule has 3 aromatic carbocycles. The Labute approximate surface area is 201 Å². The van der Waals surface area contributed by atoms with E-state index >= 15 is 0 Å². The monoisotopic (exact) mass is 468 g/mol. The molecule has 0 saturated heterocycles. The first-order valence-corrected chi connectivity index (χ1v) is 11.5. The molecule has 0 amide bonds. The van der Waals surface area contributed by atoms with Crippen LogP contribution in [-0.2, 0) is 15.9 Å². The van der Waals surface area contributed by atoms with Crippen molar-refractivity contribution in [3.8, 4) is 22.6 Å². The number of benzene rings is 3. The van der Waals surface area contributed by atoms with Crippen molar-refractivity contribution in [2.24, 2.45) is 0 Å². The van der Waals surface area contributed by atoms with E-state index in [1.54, 1.807) is 13.2 Å². The SMILES string of the molecule is COCC(C)Oc1ccc(-c2ccc(Cc3ccc(O[C@@H](C)COCCO)cc3)cc2F)cc1. The Bertz CT molecular complexity index is 1000. The zero-order valence-corrected chi connectivity index (χ0v) is 20.0. The molecule has 0 heterocycles. The minimum absolute atomic E-state index is 0.00111. The van der Waals surface area contributed by atoms with Gasteiger partial charge in [0.2, 0.25) is 0 Å². The van der Waals surface area contributed by atoms with Crippen LogP contribution in [0.25, 0.3) is 11.1 Å². The Kier molecular flexibility index (Phi) is 9.89. The summed E-state index contributed by atoms with van der Waals surface area (Å²) in [6, 6.07) is 20.5. The second-order valence-electron chi connectivity index (χ2n) is 8.27. The van der Waals surface area contributed by atoms with E-state index in [0.29, 0.717) is 31.8 Å². The molecule has 2 atom stereocenters. The second kappa shape index (κ2) is 13.1. The van der Waals surface area contributed by atoms with Crippen molar-refractivity contribution in [2.75, 3.05) is 33.5 Å². The van der Waals surface area contributed by atoms with Crippen LogP contribution in [0.1, 0.15) is 25.0 Å². The van der Waals surface area contributed by atoms with E-state index in [1.165, 1.54) is 0 Å². The lowest BCUT2D eigenvalue weighted by molar-refractivity contribution is 0.0391. The highest BCUT2D eigenvalue weighted by Gasteiger charge is 2.09. The highest BCUT2D eigenvalue weighted by molar-refractivity contribution is 5.65. The second-order valence-corrected chi connectivity index (χ2v) is 8.27. The molecule has 3 rings (SSSR count). The number of aliphatic hydroxyl groups is 1. The van der Waals surface area contributed by atoms with Crippen LogP contribution in [0.15, 0.2) is 66.7 Å². The molecule has 0 aliphatic rings. The lowest BCUT2D eigenvalue weighted by Crippen LogP contribution is -2.20. The van der Waals surface area contributed by atoms with Gasteiger partial charge in [-0.05, 0) is 67.3 Å². The molecule has 0 aromatic heterocycles. The quantitative estimate of drug-likeness (QED) is 0.346. The van der Waals surface area contributed by atoms with Crippen LogP contribution in [0.5, 0.6) is 11.5 Å². The van der Waals surface area contributed by atoms with E-state index in [1.807, 2.05) is 74.5 Å². The fourth-order valence-electron chi connectivity index (χ4n) is 3.62. The smallest absolute Gasteiger partial charge is 0.131 e. The van der Waals surface area contributed by atoms with Crippen molar-refractivity contribution >= 4 is 0 Å². The molecule has 3 aromatic rings. The summed E-state index contributed by atoms with van der Waals surface area (Å²) in [5, 5.41) is 8.76. The first-order valence-electron chi connectivity index (χ1n) is 11.5. The van der Waals surface area contributed by atoms with Crippen molar-refractivity contribution in [1.82, 2.24) is 0 Å². The molecule has 1 unspecified atom stereocenters. The number of halogens is 1. The minimum Gasteiger partial charge on any atom is -0.488 e. The van der Waals surface area contributed by atoms with Crippen molar-refractivity contribution in [1.29, 1.82) is 0 Å². The molecule has 5 nitrogen and oxygen atoms in total. The van der Waals surface area contributed by atoms with E-state index in [0.717, 1.165) is 28.2 Å². The first kappa shape index (κ1) is 25.7. The van der Waals surface area contributed by atoms with Crippen molar-refractivity contribution in [3.05, 3.63) is 83.7 Å². The third kappa shape index (κ3) is 7.83. The maximum Gasteiger partial charge on any atom is 0.131 e. The fraction of sp³-hybridized carbons (Fsp3) is 0.357. The van der Waals surface area contributed by atoms with Gasteiger partial charge in [0, 0.05) is 12.7 Å². The first-order chi connectivity index (χ1) is 16.5. The van der Waals surface area contributed by atoms with Gasteiger partial charge in [-0.25, -0.2) is 4.39 Å². The van der Waals surface area contributed by atoms with Crippen LogP contribution in [0, 0.1) is 5.82 Å². The molecule has 0 radical (unpaired) electrons. The highest BCUT2D eigenvalue weighted by atomic mass is 19.1. The normalized spacial score (nSPS) is 12.9. The molecule has 0 fully saturated rings. The maximum atomic E-state index is 14.9. The maximum absolute atomic E-state index is 14.9. The predicted octanol–water partition coefficient (Wildman–Crippen LogP) is 5.27. The molecule has 0 aliphatic carbocycles. The van der Waals surface area contributed by atoms with Crippen LogP contribution in [0.3, 0.4) is 0 Å². The van der Waals surface area contributed by atoms with E-state index in [2.05, 4.69) is 0 Å². The summed E-state index contributed by atoms with van der Waals surface area (Å²) < 4.78 is 36.8. The molecular formula is C28H33FO5. The van der Waals surface area contributed by atoms with Crippen LogP contribution in [0.2, 0.25) is 0 Å². The van der Waals surface area contributed by atoms with Crippen LogP contribution in [-0.4, -0.2) is 50.9 Å². The van der Waals surface area contributed by atoms with Crippen molar-refractivity contribution < 1.29 is 28.4 Å². The Morgan fingerprint density at radius 1 is 0.794 bits per heavy atom. The fourth-order valence-corrected chi connectivity index (χ4v) is 3.62. The topological polar surface area (TPSA) is 57.2 Å². The molecule has 182 valence electrons. The van der Waals surface area contributed by atoms with Crippen molar-refractivity contribution in [2.45, 2.75) is 32.5 Å². The molecule has 0 saturated carbocycles. The van der Waals surface area contributed by atoms with Gasteiger partial charge >= 0.3 is 0 Å². The summed E-state index contributed by atoms with van der Waals surface area (Å²) >= 11 is 0. The number of hydrogen-bond donors (Lipinski definition) is 1.